The number of aromatic nitrogens is 1. The van der Waals surface area contributed by atoms with Crippen LogP contribution < -0.4 is 16.5 Å². The normalized spacial score (nSPS) is 11.0. The molecule has 30 heavy (non-hydrogen) atoms. The molecule has 0 unspecified atom stereocenters. The molecule has 0 saturated carbocycles. The summed E-state index contributed by atoms with van der Waals surface area (Å²) in [5.41, 5.74) is 16.6. The quantitative estimate of drug-likeness (QED) is 0.470. The van der Waals surface area contributed by atoms with Crippen molar-refractivity contribution in [3.05, 3.63) is 76.2 Å². The monoisotopic (exact) mass is 413 g/mol. The van der Waals surface area contributed by atoms with Crippen LogP contribution in [0.1, 0.15) is 46.1 Å². The Morgan fingerprint density at radius 1 is 1.07 bits per heavy atom. The molecule has 0 fully saturated rings. The summed E-state index contributed by atoms with van der Waals surface area (Å²) < 4.78 is 0. The Labute approximate surface area is 178 Å². The van der Waals surface area contributed by atoms with E-state index in [0.29, 0.717) is 43.4 Å². The minimum absolute atomic E-state index is 0.152. The van der Waals surface area contributed by atoms with Gasteiger partial charge in [-0.15, -0.1) is 0 Å². The van der Waals surface area contributed by atoms with E-state index in [4.69, 9.17) is 11.5 Å². The van der Waals surface area contributed by atoms with E-state index in [-0.39, 0.29) is 11.6 Å². The summed E-state index contributed by atoms with van der Waals surface area (Å²) in [5.74, 6) is 0.499. The van der Waals surface area contributed by atoms with E-state index in [9.17, 15) is 10.1 Å². The molecule has 2 heterocycles. The molecule has 0 radical (unpaired) electrons. The molecule has 0 spiro atoms. The van der Waals surface area contributed by atoms with E-state index in [1.165, 1.54) is 16.9 Å². The number of rotatable bonds is 4. The maximum Gasteiger partial charge on any atom is 0.290 e. The van der Waals surface area contributed by atoms with Gasteiger partial charge in [0.05, 0.1) is 11.1 Å². The molecule has 4 rings (SSSR count). The van der Waals surface area contributed by atoms with Crippen LogP contribution in [0.5, 0.6) is 0 Å². The van der Waals surface area contributed by atoms with Gasteiger partial charge in [-0.3, -0.25) is 10.5 Å². The highest BCUT2D eigenvalue weighted by Crippen LogP contribution is 2.42. The molecule has 0 atom stereocenters. The van der Waals surface area contributed by atoms with Crippen LogP contribution in [0.2, 0.25) is 0 Å². The topological polar surface area (TPSA) is 107 Å². The number of carbonyl (C=O) groups excluding carboxylic acids is 1. The number of nitrogens with zero attached hydrogens (tertiary/aromatic N) is 1. The highest BCUT2D eigenvalue weighted by molar-refractivity contribution is 7.21. The van der Waals surface area contributed by atoms with Crippen LogP contribution in [0.3, 0.4) is 0 Å². The van der Waals surface area contributed by atoms with Crippen LogP contribution >= 0.6 is 11.3 Å². The fourth-order valence-corrected chi connectivity index (χ4v) is 4.66. The summed E-state index contributed by atoms with van der Waals surface area (Å²) in [6, 6.07) is 19.2. The molecule has 0 aliphatic heterocycles. The van der Waals surface area contributed by atoms with E-state index in [1.807, 2.05) is 42.5 Å². The van der Waals surface area contributed by atoms with Gasteiger partial charge < -0.3 is 5.73 Å². The minimum atomic E-state index is -0.152. The van der Waals surface area contributed by atoms with Gasteiger partial charge in [0.15, 0.2) is 4.83 Å². The number of nitriles is 1. The largest absolute Gasteiger partial charge is 0.397 e. The lowest BCUT2D eigenvalue weighted by Crippen LogP contribution is -2.13. The number of fused-ring (bicyclic) bond motifs is 1. The SMILES string of the molecule is CC(C)c1ccc(-c2c(C#N)c(N)[nH+]c3sc(C(=O)c4ccccc4)c(N)c23)cc1. The first-order valence-corrected chi connectivity index (χ1v) is 10.4. The third-order valence-corrected chi connectivity index (χ3v) is 6.30. The molecule has 0 aliphatic carbocycles. The second kappa shape index (κ2) is 7.62. The summed E-state index contributed by atoms with van der Waals surface area (Å²) in [7, 11) is 0. The number of hydrogen-bond donors (Lipinski definition) is 2. The molecule has 5 N–H and O–H groups in total. The summed E-state index contributed by atoms with van der Waals surface area (Å²) in [4.78, 5) is 17.2. The summed E-state index contributed by atoms with van der Waals surface area (Å²) in [6.07, 6.45) is 0. The zero-order chi connectivity index (χ0) is 21.4. The lowest BCUT2D eigenvalue weighted by Gasteiger charge is -2.10. The van der Waals surface area contributed by atoms with Crippen molar-refractivity contribution in [3.63, 3.8) is 0 Å². The van der Waals surface area contributed by atoms with E-state index < -0.39 is 0 Å². The first-order valence-electron chi connectivity index (χ1n) is 9.59. The number of carbonyl (C=O) groups is 1. The number of pyridine rings is 1. The van der Waals surface area contributed by atoms with Crippen molar-refractivity contribution < 1.29 is 9.78 Å². The second-order valence-electron chi connectivity index (χ2n) is 7.42. The van der Waals surface area contributed by atoms with Gasteiger partial charge in [0.25, 0.3) is 5.82 Å². The molecule has 4 aromatic rings. The average molecular weight is 414 g/mol. The molecule has 148 valence electrons. The van der Waals surface area contributed by atoms with Crippen molar-refractivity contribution in [3.8, 4) is 17.2 Å². The van der Waals surface area contributed by atoms with Crippen LogP contribution in [-0.4, -0.2) is 5.78 Å². The van der Waals surface area contributed by atoms with Gasteiger partial charge in [-0.1, -0.05) is 79.8 Å². The number of thiophene rings is 1. The predicted octanol–water partition coefficient (Wildman–Crippen LogP) is 4.77. The fraction of sp³-hybridized carbons (Fsp3) is 0.125. The number of H-pyrrole nitrogens is 1. The number of nitrogens with two attached hydrogens (primary N) is 2. The van der Waals surface area contributed by atoms with Gasteiger partial charge >= 0.3 is 0 Å². The molecule has 2 aromatic carbocycles. The smallest absolute Gasteiger partial charge is 0.290 e. The Morgan fingerprint density at radius 2 is 1.73 bits per heavy atom. The van der Waals surface area contributed by atoms with Crippen molar-refractivity contribution in [2.24, 2.45) is 0 Å². The molecule has 2 aromatic heterocycles. The Balaban J connectivity index is 1.98. The Hall–Kier alpha value is -3.69. The van der Waals surface area contributed by atoms with E-state index in [0.717, 1.165) is 5.56 Å². The Bertz CT molecular complexity index is 1300. The van der Waals surface area contributed by atoms with Crippen molar-refractivity contribution in [1.82, 2.24) is 0 Å². The third-order valence-electron chi connectivity index (χ3n) is 5.18. The van der Waals surface area contributed by atoms with Crippen molar-refractivity contribution in [1.29, 1.82) is 5.26 Å². The fourth-order valence-electron chi connectivity index (χ4n) is 3.55. The van der Waals surface area contributed by atoms with Gasteiger partial charge in [-0.25, -0.2) is 4.98 Å². The highest BCUT2D eigenvalue weighted by atomic mass is 32.1. The minimum Gasteiger partial charge on any atom is -0.397 e. The predicted molar refractivity (Wildman–Crippen MR) is 121 cm³/mol. The number of aromatic amines is 1. The maximum absolute atomic E-state index is 13.1. The highest BCUT2D eigenvalue weighted by Gasteiger charge is 2.27. The molecule has 6 heteroatoms. The summed E-state index contributed by atoms with van der Waals surface area (Å²) >= 11 is 1.26. The number of anilines is 2. The standard InChI is InChI=1S/C24H20N4OS/c1-13(2)14-8-10-15(11-9-14)18-17(12-25)23(27)28-24-19(18)20(26)22(30-24)21(29)16-6-4-3-5-7-16/h3-11,13H,26H2,1-2H3,(H2,27,28)/p+1. The van der Waals surface area contributed by atoms with Gasteiger partial charge in [0.1, 0.15) is 16.5 Å². The zero-order valence-corrected chi connectivity index (χ0v) is 17.5. The van der Waals surface area contributed by atoms with E-state index in [1.54, 1.807) is 12.1 Å². The average Bonchev–Trinajstić information content (AvgIpc) is 3.08. The Kier molecular flexibility index (Phi) is 4.98. The first kappa shape index (κ1) is 19.6. The van der Waals surface area contributed by atoms with E-state index >= 15 is 0 Å². The molecular weight excluding hydrogens is 392 g/mol. The molecule has 0 amide bonds. The number of nitrogen functional groups attached to an aromatic ring is 2. The number of hydrogen-bond acceptors (Lipinski definition) is 5. The number of benzene rings is 2. The van der Waals surface area contributed by atoms with Crippen molar-refractivity contribution in [2.45, 2.75) is 19.8 Å². The first-order chi connectivity index (χ1) is 14.4. The lowest BCUT2D eigenvalue weighted by atomic mass is 9.94. The van der Waals surface area contributed by atoms with Crippen LogP contribution in [0.15, 0.2) is 54.6 Å². The molecule has 0 aliphatic rings. The van der Waals surface area contributed by atoms with Crippen molar-refractivity contribution in [2.75, 3.05) is 11.5 Å². The van der Waals surface area contributed by atoms with Gasteiger partial charge in [0, 0.05) is 11.1 Å². The second-order valence-corrected chi connectivity index (χ2v) is 8.44. The van der Waals surface area contributed by atoms with Crippen LogP contribution in [-0.2, 0) is 0 Å². The third kappa shape index (κ3) is 3.19. The summed E-state index contributed by atoms with van der Waals surface area (Å²) in [6.45, 7) is 4.25. The van der Waals surface area contributed by atoms with Crippen LogP contribution in [0, 0.1) is 11.3 Å². The molecule has 0 bridgehead atoms. The molecule has 0 saturated heterocycles. The van der Waals surface area contributed by atoms with Gasteiger partial charge in [-0.05, 0) is 17.0 Å². The zero-order valence-electron chi connectivity index (χ0n) is 16.7. The molecule has 5 nitrogen and oxygen atoms in total. The summed E-state index contributed by atoms with van der Waals surface area (Å²) in [5, 5.41) is 10.4. The van der Waals surface area contributed by atoms with Gasteiger partial charge in [-0.2, -0.15) is 5.26 Å². The van der Waals surface area contributed by atoms with Crippen molar-refractivity contribution >= 4 is 38.8 Å². The maximum atomic E-state index is 13.1. The lowest BCUT2D eigenvalue weighted by molar-refractivity contribution is -0.323. The number of ketones is 1. The van der Waals surface area contributed by atoms with Gasteiger partial charge in [0.2, 0.25) is 5.78 Å². The molecular formula is C24H21N4OS+. The van der Waals surface area contributed by atoms with Crippen LogP contribution in [0.4, 0.5) is 11.5 Å². The van der Waals surface area contributed by atoms with E-state index in [2.05, 4.69) is 24.9 Å². The number of nitrogens with one attached hydrogen (secondary N) is 1. The Morgan fingerprint density at radius 3 is 2.33 bits per heavy atom. The van der Waals surface area contributed by atoms with Crippen LogP contribution in [0.25, 0.3) is 21.3 Å².